The Labute approximate surface area is 157 Å². The molecule has 27 heavy (non-hydrogen) atoms. The number of rotatable bonds is 5. The van der Waals surface area contributed by atoms with E-state index in [1.165, 1.54) is 19.3 Å². The van der Waals surface area contributed by atoms with Crippen LogP contribution in [0.25, 0.3) is 0 Å². The van der Waals surface area contributed by atoms with Gasteiger partial charge in [-0.05, 0) is 42.9 Å². The molecule has 0 heterocycles. The van der Waals surface area contributed by atoms with Gasteiger partial charge in [0.15, 0.2) is 0 Å². The van der Waals surface area contributed by atoms with E-state index in [9.17, 15) is 19.8 Å². The molecule has 148 valence electrons. The maximum atomic E-state index is 10.5. The predicted octanol–water partition coefficient (Wildman–Crippen LogP) is 1.64. The number of anilines is 1. The van der Waals surface area contributed by atoms with Crippen molar-refractivity contribution in [3.8, 4) is 5.75 Å². The first-order valence-electron chi connectivity index (χ1n) is 8.94. The van der Waals surface area contributed by atoms with E-state index < -0.39 is 18.0 Å². The van der Waals surface area contributed by atoms with E-state index in [-0.39, 0.29) is 11.8 Å². The molecule has 1 saturated carbocycles. The van der Waals surface area contributed by atoms with Crippen LogP contribution in [0.15, 0.2) is 24.3 Å². The molecule has 2 unspecified atom stereocenters. The number of nitrogens with one attached hydrogen (secondary N) is 2. The second kappa shape index (κ2) is 9.38. The Morgan fingerprint density at radius 3 is 2.22 bits per heavy atom. The SMILES string of the molecule is CNc1c(O)ccc2c1CCC(NC1CCC1)C2O.O=C(O)C=CC(=O)O. The quantitative estimate of drug-likeness (QED) is 0.336. The Balaban J connectivity index is 0.000000279. The van der Waals surface area contributed by atoms with Crippen molar-refractivity contribution in [2.45, 2.75) is 50.3 Å². The van der Waals surface area contributed by atoms with Crippen molar-refractivity contribution < 1.29 is 30.0 Å². The van der Waals surface area contributed by atoms with Gasteiger partial charge in [-0.3, -0.25) is 0 Å². The van der Waals surface area contributed by atoms with Crippen molar-refractivity contribution in [1.82, 2.24) is 5.32 Å². The average molecular weight is 378 g/mol. The van der Waals surface area contributed by atoms with E-state index in [2.05, 4.69) is 10.6 Å². The van der Waals surface area contributed by atoms with Crippen LogP contribution in [0.1, 0.15) is 42.9 Å². The number of aliphatic hydroxyl groups is 1. The second-order valence-corrected chi connectivity index (χ2v) is 6.67. The third-order valence-electron chi connectivity index (χ3n) is 4.91. The number of phenols is 1. The van der Waals surface area contributed by atoms with Crippen LogP contribution in [0.5, 0.6) is 5.75 Å². The summed E-state index contributed by atoms with van der Waals surface area (Å²) in [6.45, 7) is 0. The Morgan fingerprint density at radius 2 is 1.74 bits per heavy atom. The number of hydrogen-bond acceptors (Lipinski definition) is 6. The highest BCUT2D eigenvalue weighted by Crippen LogP contribution is 2.39. The first kappa shape index (κ1) is 20.7. The highest BCUT2D eigenvalue weighted by atomic mass is 16.4. The van der Waals surface area contributed by atoms with Crippen LogP contribution >= 0.6 is 0 Å². The fraction of sp³-hybridized carbons (Fsp3) is 0.474. The second-order valence-electron chi connectivity index (χ2n) is 6.67. The average Bonchev–Trinajstić information content (AvgIpc) is 2.58. The predicted molar refractivity (Wildman–Crippen MR) is 99.9 cm³/mol. The zero-order valence-electron chi connectivity index (χ0n) is 15.2. The number of benzene rings is 1. The Hall–Kier alpha value is -2.58. The van der Waals surface area contributed by atoms with Gasteiger partial charge in [0.25, 0.3) is 0 Å². The molecule has 0 bridgehead atoms. The van der Waals surface area contributed by atoms with Gasteiger partial charge in [0.2, 0.25) is 0 Å². The van der Waals surface area contributed by atoms with Gasteiger partial charge in [-0.15, -0.1) is 0 Å². The van der Waals surface area contributed by atoms with Crippen LogP contribution in [0.4, 0.5) is 5.69 Å². The summed E-state index contributed by atoms with van der Waals surface area (Å²) in [5.74, 6) is -2.25. The number of hydrogen-bond donors (Lipinski definition) is 6. The van der Waals surface area contributed by atoms with Crippen molar-refractivity contribution in [2.75, 3.05) is 12.4 Å². The monoisotopic (exact) mass is 378 g/mol. The molecule has 1 aromatic rings. The van der Waals surface area contributed by atoms with Gasteiger partial charge in [-0.2, -0.15) is 0 Å². The summed E-state index contributed by atoms with van der Waals surface area (Å²) in [4.78, 5) is 19.1. The van der Waals surface area contributed by atoms with E-state index in [0.29, 0.717) is 18.2 Å². The summed E-state index contributed by atoms with van der Waals surface area (Å²) in [5.41, 5.74) is 2.77. The van der Waals surface area contributed by atoms with Gasteiger partial charge in [0, 0.05) is 31.3 Å². The molecule has 0 saturated heterocycles. The van der Waals surface area contributed by atoms with Gasteiger partial charge in [-0.1, -0.05) is 12.5 Å². The highest BCUT2D eigenvalue weighted by molar-refractivity contribution is 5.89. The standard InChI is InChI=1S/C15H22N2O2.C4H4O4/c1-16-14-10-5-7-12(17-9-3-2-4-9)15(19)11(10)6-8-13(14)18;5-3(6)1-2-4(7)8/h6,8-9,12,15-19H,2-5,7H2,1H3;1-2H,(H,5,6)(H,7,8). The van der Waals surface area contributed by atoms with E-state index in [4.69, 9.17) is 10.2 Å². The molecule has 2 aliphatic rings. The summed E-state index contributed by atoms with van der Waals surface area (Å²) >= 11 is 0. The lowest BCUT2D eigenvalue weighted by Crippen LogP contribution is -2.47. The topological polar surface area (TPSA) is 139 Å². The molecule has 8 nitrogen and oxygen atoms in total. The largest absolute Gasteiger partial charge is 0.506 e. The number of phenolic OH excluding ortho intramolecular Hbond substituents is 1. The lowest BCUT2D eigenvalue weighted by atomic mass is 9.83. The molecular weight excluding hydrogens is 352 g/mol. The Morgan fingerprint density at radius 1 is 1.11 bits per heavy atom. The van der Waals surface area contributed by atoms with Gasteiger partial charge in [0.05, 0.1) is 11.8 Å². The fourth-order valence-corrected chi connectivity index (χ4v) is 3.35. The van der Waals surface area contributed by atoms with E-state index in [1.807, 2.05) is 6.07 Å². The molecule has 0 aromatic heterocycles. The van der Waals surface area contributed by atoms with Gasteiger partial charge in [0.1, 0.15) is 5.75 Å². The highest BCUT2D eigenvalue weighted by Gasteiger charge is 2.32. The molecule has 2 atom stereocenters. The molecule has 0 spiro atoms. The van der Waals surface area contributed by atoms with Crippen LogP contribution in [0.3, 0.4) is 0 Å². The lowest BCUT2D eigenvalue weighted by molar-refractivity contribution is -0.134. The normalized spacial score (nSPS) is 21.6. The smallest absolute Gasteiger partial charge is 0.328 e. The van der Waals surface area contributed by atoms with Crippen LogP contribution < -0.4 is 10.6 Å². The van der Waals surface area contributed by atoms with Crippen molar-refractivity contribution in [3.05, 3.63) is 35.4 Å². The summed E-state index contributed by atoms with van der Waals surface area (Å²) in [6, 6.07) is 4.25. The molecule has 8 heteroatoms. The summed E-state index contributed by atoms with van der Waals surface area (Å²) in [6.07, 6.45) is 6.21. The van der Waals surface area contributed by atoms with E-state index in [0.717, 1.165) is 29.7 Å². The molecule has 0 radical (unpaired) electrons. The zero-order valence-corrected chi connectivity index (χ0v) is 15.2. The van der Waals surface area contributed by atoms with Crippen molar-refractivity contribution in [1.29, 1.82) is 0 Å². The maximum absolute atomic E-state index is 10.5. The van der Waals surface area contributed by atoms with E-state index >= 15 is 0 Å². The number of fused-ring (bicyclic) bond motifs is 1. The minimum absolute atomic E-state index is 0.145. The minimum atomic E-state index is -1.26. The Bertz CT molecular complexity index is 698. The number of aliphatic carboxylic acids is 2. The fourth-order valence-electron chi connectivity index (χ4n) is 3.35. The number of carbonyl (C=O) groups is 2. The van der Waals surface area contributed by atoms with Crippen molar-refractivity contribution in [2.24, 2.45) is 0 Å². The molecule has 2 aliphatic carbocycles. The molecule has 3 rings (SSSR count). The third kappa shape index (κ3) is 5.45. The van der Waals surface area contributed by atoms with Crippen LogP contribution in [-0.4, -0.2) is 51.5 Å². The number of aliphatic hydroxyl groups excluding tert-OH is 1. The molecule has 0 amide bonds. The third-order valence-corrected chi connectivity index (χ3v) is 4.91. The maximum Gasteiger partial charge on any atom is 0.328 e. The van der Waals surface area contributed by atoms with Crippen LogP contribution in [-0.2, 0) is 16.0 Å². The van der Waals surface area contributed by atoms with Crippen LogP contribution in [0.2, 0.25) is 0 Å². The van der Waals surface area contributed by atoms with Gasteiger partial charge in [-0.25, -0.2) is 9.59 Å². The van der Waals surface area contributed by atoms with E-state index in [1.54, 1.807) is 13.1 Å². The summed E-state index contributed by atoms with van der Waals surface area (Å²) in [5, 5.41) is 42.6. The summed E-state index contributed by atoms with van der Waals surface area (Å²) < 4.78 is 0. The Kier molecular flexibility index (Phi) is 7.20. The van der Waals surface area contributed by atoms with Gasteiger partial charge < -0.3 is 31.1 Å². The molecule has 0 aliphatic heterocycles. The lowest BCUT2D eigenvalue weighted by Gasteiger charge is -2.37. The van der Waals surface area contributed by atoms with Gasteiger partial charge >= 0.3 is 11.9 Å². The van der Waals surface area contributed by atoms with Crippen molar-refractivity contribution in [3.63, 3.8) is 0 Å². The first-order chi connectivity index (χ1) is 12.8. The molecule has 6 N–H and O–H groups in total. The first-order valence-corrected chi connectivity index (χ1v) is 8.94. The summed E-state index contributed by atoms with van der Waals surface area (Å²) in [7, 11) is 1.81. The minimum Gasteiger partial charge on any atom is -0.506 e. The van der Waals surface area contributed by atoms with Crippen LogP contribution in [0, 0.1) is 0 Å². The molecular formula is C19H26N2O6. The number of carboxylic acids is 2. The number of aromatic hydroxyl groups is 1. The molecule has 1 aromatic carbocycles. The van der Waals surface area contributed by atoms with Crippen molar-refractivity contribution >= 4 is 17.6 Å². The molecule has 1 fully saturated rings. The zero-order chi connectivity index (χ0) is 20.0. The number of carboxylic acid groups (broad SMARTS) is 2.